The second-order valence-corrected chi connectivity index (χ2v) is 4.34. The van der Waals surface area contributed by atoms with Crippen molar-refractivity contribution in [2.24, 2.45) is 5.92 Å². The monoisotopic (exact) mass is 216 g/mol. The molecule has 0 bridgehead atoms. The first-order valence-electron chi connectivity index (χ1n) is 4.26. The van der Waals surface area contributed by atoms with Gasteiger partial charge in [-0.3, -0.25) is 0 Å². The van der Waals surface area contributed by atoms with Crippen molar-refractivity contribution in [1.82, 2.24) is 0 Å². The minimum absolute atomic E-state index is 0.242. The molecule has 1 aliphatic rings. The molecule has 70 valence electrons. The molecule has 3 heteroatoms. The largest absolute Gasteiger partial charge is 0.388 e. The van der Waals surface area contributed by atoms with Gasteiger partial charge in [0.2, 0.25) is 0 Å². The van der Waals surface area contributed by atoms with Crippen molar-refractivity contribution in [2.75, 3.05) is 0 Å². The summed E-state index contributed by atoms with van der Waals surface area (Å²) in [5.74, 6) is 0.242. The van der Waals surface area contributed by atoms with Gasteiger partial charge in [0.25, 0.3) is 0 Å². The van der Waals surface area contributed by atoms with Crippen LogP contribution in [0.1, 0.15) is 24.2 Å². The van der Waals surface area contributed by atoms with Crippen LogP contribution in [-0.2, 0) is 6.42 Å². The molecule has 1 N–H and O–H groups in total. The summed E-state index contributed by atoms with van der Waals surface area (Å²) in [6.45, 7) is 2.01. The molecule has 1 aromatic rings. The minimum Gasteiger partial charge on any atom is -0.388 e. The zero-order valence-electron chi connectivity index (χ0n) is 7.22. The number of aliphatic hydroxyl groups excluding tert-OH is 1. The van der Waals surface area contributed by atoms with Gasteiger partial charge in [0.1, 0.15) is 0 Å². The molecule has 0 heterocycles. The normalized spacial score (nSPS) is 26.2. The summed E-state index contributed by atoms with van der Waals surface area (Å²) in [4.78, 5) is 0. The van der Waals surface area contributed by atoms with Crippen LogP contribution in [0.15, 0.2) is 12.1 Å². The van der Waals surface area contributed by atoms with E-state index < -0.39 is 0 Å². The Morgan fingerprint density at radius 2 is 2.08 bits per heavy atom. The first-order chi connectivity index (χ1) is 6.11. The fraction of sp³-hybridized carbons (Fsp3) is 0.400. The number of halogens is 2. The first kappa shape index (κ1) is 9.32. The number of rotatable bonds is 0. The third-order valence-corrected chi connectivity index (χ3v) is 3.46. The van der Waals surface area contributed by atoms with Crippen molar-refractivity contribution in [3.63, 3.8) is 0 Å². The Bertz CT molecular complexity index is 349. The highest BCUT2D eigenvalue weighted by molar-refractivity contribution is 6.42. The maximum atomic E-state index is 9.76. The third-order valence-electron chi connectivity index (χ3n) is 2.62. The SMILES string of the molecule is CC1Cc2c(ccc(Cl)c2Cl)C1O. The molecule has 1 nitrogen and oxygen atoms in total. The van der Waals surface area contributed by atoms with Crippen molar-refractivity contribution in [2.45, 2.75) is 19.4 Å². The zero-order valence-corrected chi connectivity index (χ0v) is 8.73. The van der Waals surface area contributed by atoms with E-state index in [-0.39, 0.29) is 12.0 Å². The van der Waals surface area contributed by atoms with E-state index in [0.717, 1.165) is 17.5 Å². The van der Waals surface area contributed by atoms with Crippen molar-refractivity contribution in [1.29, 1.82) is 0 Å². The molecule has 0 saturated carbocycles. The maximum Gasteiger partial charge on any atom is 0.0821 e. The van der Waals surface area contributed by atoms with Gasteiger partial charge in [-0.2, -0.15) is 0 Å². The Morgan fingerprint density at radius 3 is 2.77 bits per heavy atom. The highest BCUT2D eigenvalue weighted by Crippen LogP contribution is 2.41. The summed E-state index contributed by atoms with van der Waals surface area (Å²) in [5, 5.41) is 10.9. The van der Waals surface area contributed by atoms with Crippen LogP contribution in [0.5, 0.6) is 0 Å². The second-order valence-electron chi connectivity index (χ2n) is 3.56. The summed E-state index contributed by atoms with van der Waals surface area (Å²) in [6.07, 6.45) is 0.431. The quantitative estimate of drug-likeness (QED) is 0.707. The van der Waals surface area contributed by atoms with E-state index in [1.807, 2.05) is 13.0 Å². The Morgan fingerprint density at radius 1 is 1.38 bits per heavy atom. The van der Waals surface area contributed by atoms with E-state index in [4.69, 9.17) is 23.2 Å². The topological polar surface area (TPSA) is 20.2 Å². The first-order valence-corrected chi connectivity index (χ1v) is 5.01. The molecule has 2 rings (SSSR count). The number of benzene rings is 1. The highest BCUT2D eigenvalue weighted by Gasteiger charge is 2.29. The van der Waals surface area contributed by atoms with Crippen LogP contribution in [0.2, 0.25) is 10.0 Å². The molecule has 13 heavy (non-hydrogen) atoms. The standard InChI is InChI=1S/C10H10Cl2O/c1-5-4-7-6(10(5)13)2-3-8(11)9(7)12/h2-3,5,10,13H,4H2,1H3. The molecule has 2 atom stereocenters. The number of fused-ring (bicyclic) bond motifs is 1. The van der Waals surface area contributed by atoms with E-state index in [1.165, 1.54) is 0 Å². The number of hydrogen-bond acceptors (Lipinski definition) is 1. The van der Waals surface area contributed by atoms with E-state index in [0.29, 0.717) is 10.0 Å². The average molecular weight is 217 g/mol. The Kier molecular flexibility index (Phi) is 2.26. The molecule has 0 aromatic heterocycles. The molecule has 0 amide bonds. The molecule has 0 radical (unpaired) electrons. The van der Waals surface area contributed by atoms with Crippen molar-refractivity contribution < 1.29 is 5.11 Å². The summed E-state index contributed by atoms with van der Waals surface area (Å²) in [7, 11) is 0. The van der Waals surface area contributed by atoms with Crippen LogP contribution < -0.4 is 0 Å². The van der Waals surface area contributed by atoms with E-state index in [9.17, 15) is 5.11 Å². The molecule has 2 unspecified atom stereocenters. The van der Waals surface area contributed by atoms with Crippen molar-refractivity contribution >= 4 is 23.2 Å². The lowest BCUT2D eigenvalue weighted by atomic mass is 10.1. The maximum absolute atomic E-state index is 9.76. The molecule has 0 saturated heterocycles. The van der Waals surface area contributed by atoms with E-state index in [2.05, 4.69) is 0 Å². The highest BCUT2D eigenvalue weighted by atomic mass is 35.5. The summed E-state index contributed by atoms with van der Waals surface area (Å²) in [6, 6.07) is 3.60. The molecule has 0 aliphatic heterocycles. The van der Waals surface area contributed by atoms with Crippen LogP contribution in [-0.4, -0.2) is 5.11 Å². The molecule has 0 spiro atoms. The fourth-order valence-corrected chi connectivity index (χ4v) is 2.26. The van der Waals surface area contributed by atoms with Gasteiger partial charge < -0.3 is 5.11 Å². The fourth-order valence-electron chi connectivity index (χ4n) is 1.83. The van der Waals surface area contributed by atoms with Crippen molar-refractivity contribution in [3.8, 4) is 0 Å². The van der Waals surface area contributed by atoms with Gasteiger partial charge in [0, 0.05) is 0 Å². The predicted molar refractivity (Wildman–Crippen MR) is 54.3 cm³/mol. The zero-order chi connectivity index (χ0) is 9.59. The Labute approximate surface area is 87.3 Å². The summed E-state index contributed by atoms with van der Waals surface area (Å²) >= 11 is 11.9. The van der Waals surface area contributed by atoms with Gasteiger partial charge in [0.05, 0.1) is 16.1 Å². The van der Waals surface area contributed by atoms with Gasteiger partial charge in [0.15, 0.2) is 0 Å². The van der Waals surface area contributed by atoms with Crippen molar-refractivity contribution in [3.05, 3.63) is 33.3 Å². The van der Waals surface area contributed by atoms with Gasteiger partial charge in [-0.1, -0.05) is 36.2 Å². The number of aliphatic hydroxyl groups is 1. The van der Waals surface area contributed by atoms with Crippen LogP contribution in [0, 0.1) is 5.92 Å². The lowest BCUT2D eigenvalue weighted by Gasteiger charge is -2.08. The summed E-state index contributed by atoms with van der Waals surface area (Å²) < 4.78 is 0. The number of hydrogen-bond donors (Lipinski definition) is 1. The van der Waals surface area contributed by atoms with Gasteiger partial charge in [-0.15, -0.1) is 0 Å². The van der Waals surface area contributed by atoms with Gasteiger partial charge >= 0.3 is 0 Å². The van der Waals surface area contributed by atoms with E-state index in [1.54, 1.807) is 6.07 Å². The molecule has 1 aliphatic carbocycles. The van der Waals surface area contributed by atoms with Gasteiger partial charge in [-0.25, -0.2) is 0 Å². The van der Waals surface area contributed by atoms with Crippen LogP contribution in [0.4, 0.5) is 0 Å². The second kappa shape index (κ2) is 3.16. The minimum atomic E-state index is -0.384. The van der Waals surface area contributed by atoms with E-state index >= 15 is 0 Å². The predicted octanol–water partition coefficient (Wildman–Crippen LogP) is 3.22. The van der Waals surface area contributed by atoms with Gasteiger partial charge in [-0.05, 0) is 29.5 Å². The summed E-state index contributed by atoms with van der Waals surface area (Å²) in [5.41, 5.74) is 1.94. The lowest BCUT2D eigenvalue weighted by molar-refractivity contribution is 0.133. The van der Waals surface area contributed by atoms with Crippen LogP contribution in [0.25, 0.3) is 0 Å². The Hall–Kier alpha value is -0.240. The smallest absolute Gasteiger partial charge is 0.0821 e. The van der Waals surface area contributed by atoms with Crippen LogP contribution in [0.3, 0.4) is 0 Å². The molecular weight excluding hydrogens is 207 g/mol. The molecule has 1 aromatic carbocycles. The average Bonchev–Trinajstić information content (AvgIpc) is 2.38. The third kappa shape index (κ3) is 1.35. The lowest BCUT2D eigenvalue weighted by Crippen LogP contribution is -2.00. The molecule has 0 fully saturated rings. The van der Waals surface area contributed by atoms with Crippen LogP contribution >= 0.6 is 23.2 Å². The Balaban J connectivity index is 2.57. The molecular formula is C10H10Cl2O.